The van der Waals surface area contributed by atoms with Gasteiger partial charge < -0.3 is 19.9 Å². The summed E-state index contributed by atoms with van der Waals surface area (Å²) in [4.78, 5) is 16.5. The molecule has 2 aliphatic rings. The van der Waals surface area contributed by atoms with E-state index in [0.717, 1.165) is 45.6 Å². The first-order chi connectivity index (χ1) is 10.6. The van der Waals surface area contributed by atoms with Crippen LogP contribution in [0.3, 0.4) is 0 Å². The summed E-state index contributed by atoms with van der Waals surface area (Å²) in [6.07, 6.45) is 1.86. The van der Waals surface area contributed by atoms with Gasteiger partial charge in [0.05, 0.1) is 0 Å². The molecule has 0 spiro atoms. The molecule has 0 aromatic heterocycles. The molecule has 2 aliphatic heterocycles. The van der Waals surface area contributed by atoms with Crippen LogP contribution in [0.25, 0.3) is 0 Å². The number of nitrogens with one attached hydrogen (secondary N) is 1. The number of ether oxygens (including phenoxy) is 1. The predicted octanol–water partition coefficient (Wildman–Crippen LogP) is 2.69. The quantitative estimate of drug-likeness (QED) is 0.901. The van der Waals surface area contributed by atoms with Crippen molar-refractivity contribution in [2.75, 3.05) is 37.7 Å². The van der Waals surface area contributed by atoms with E-state index in [1.165, 1.54) is 16.8 Å². The number of benzene rings is 1. The van der Waals surface area contributed by atoms with E-state index < -0.39 is 0 Å². The molecule has 1 atom stereocenters. The van der Waals surface area contributed by atoms with Crippen molar-refractivity contribution in [2.45, 2.75) is 32.9 Å². The number of rotatable bonds is 2. The number of piperazine rings is 1. The van der Waals surface area contributed by atoms with Crippen LogP contribution in [0.4, 0.5) is 10.5 Å². The Kier molecular flexibility index (Phi) is 6.13. The minimum atomic E-state index is -0.0930. The van der Waals surface area contributed by atoms with Crippen LogP contribution in [-0.2, 0) is 4.74 Å². The summed E-state index contributed by atoms with van der Waals surface area (Å²) in [6, 6.07) is 6.43. The predicted molar refractivity (Wildman–Crippen MR) is 94.5 cm³/mol. The Balaban J connectivity index is 0.00000192. The first kappa shape index (κ1) is 17.9. The minimum absolute atomic E-state index is 0. The highest BCUT2D eigenvalue weighted by atomic mass is 35.5. The molecule has 1 unspecified atom stereocenters. The molecule has 128 valence electrons. The second-order valence-corrected chi connectivity index (χ2v) is 6.14. The summed E-state index contributed by atoms with van der Waals surface area (Å²) in [6.45, 7) is 8.33. The molecule has 0 aliphatic carbocycles. The van der Waals surface area contributed by atoms with Crippen LogP contribution in [0, 0.1) is 13.8 Å². The average Bonchev–Trinajstić information content (AvgIpc) is 3.03. The molecular formula is C17H26ClN3O2. The number of carbonyl (C=O) groups excluding carboxylic acids is 1. The third-order valence-corrected chi connectivity index (χ3v) is 4.70. The van der Waals surface area contributed by atoms with Crippen molar-refractivity contribution < 1.29 is 9.53 Å². The van der Waals surface area contributed by atoms with Gasteiger partial charge in [0.15, 0.2) is 0 Å². The van der Waals surface area contributed by atoms with Gasteiger partial charge in [0.2, 0.25) is 0 Å². The van der Waals surface area contributed by atoms with Crippen LogP contribution in [0.15, 0.2) is 18.2 Å². The summed E-state index contributed by atoms with van der Waals surface area (Å²) >= 11 is 0. The molecular weight excluding hydrogens is 314 g/mol. The van der Waals surface area contributed by atoms with E-state index >= 15 is 0 Å². The maximum Gasteiger partial charge on any atom is 0.319 e. The van der Waals surface area contributed by atoms with Crippen molar-refractivity contribution in [3.05, 3.63) is 29.3 Å². The largest absolute Gasteiger partial charge is 0.368 e. The molecule has 6 heteroatoms. The first-order valence-corrected chi connectivity index (χ1v) is 8.13. The number of urea groups is 1. The molecule has 2 amide bonds. The number of carbonyl (C=O) groups is 1. The molecule has 1 aromatic rings. The van der Waals surface area contributed by atoms with E-state index in [2.05, 4.69) is 42.3 Å². The Morgan fingerprint density at radius 3 is 2.61 bits per heavy atom. The lowest BCUT2D eigenvalue weighted by Gasteiger charge is -2.37. The van der Waals surface area contributed by atoms with Gasteiger partial charge in [0.1, 0.15) is 6.23 Å². The molecule has 1 N–H and O–H groups in total. The Bertz CT molecular complexity index is 539. The highest BCUT2D eigenvalue weighted by Gasteiger charge is 2.25. The SMILES string of the molecule is Cc1cccc(N2CCN(C(=O)NC3CCCO3)CC2)c1C.Cl. The standard InChI is InChI=1S/C17H25N3O2.ClH/c1-13-5-3-6-15(14(13)2)19-8-10-20(11-9-19)17(21)18-16-7-4-12-22-16;/h3,5-6,16H,4,7-12H2,1-2H3,(H,18,21);1H. The third kappa shape index (κ3) is 4.09. The lowest BCUT2D eigenvalue weighted by molar-refractivity contribution is 0.0831. The van der Waals surface area contributed by atoms with Crippen molar-refractivity contribution in [1.29, 1.82) is 0 Å². The third-order valence-electron chi connectivity index (χ3n) is 4.70. The van der Waals surface area contributed by atoms with Gasteiger partial charge in [0.25, 0.3) is 0 Å². The normalized spacial score (nSPS) is 21.0. The average molecular weight is 340 g/mol. The topological polar surface area (TPSA) is 44.8 Å². The van der Waals surface area contributed by atoms with Gasteiger partial charge in [-0.15, -0.1) is 12.4 Å². The second-order valence-electron chi connectivity index (χ2n) is 6.14. The first-order valence-electron chi connectivity index (χ1n) is 8.13. The highest BCUT2D eigenvalue weighted by molar-refractivity contribution is 5.85. The Hall–Kier alpha value is -1.46. The Morgan fingerprint density at radius 1 is 1.22 bits per heavy atom. The van der Waals surface area contributed by atoms with Gasteiger partial charge in [-0.25, -0.2) is 4.79 Å². The minimum Gasteiger partial charge on any atom is -0.368 e. The maximum absolute atomic E-state index is 12.2. The van der Waals surface area contributed by atoms with Crippen LogP contribution in [0.2, 0.25) is 0 Å². The van der Waals surface area contributed by atoms with Crippen molar-refractivity contribution in [2.24, 2.45) is 0 Å². The number of aryl methyl sites for hydroxylation is 1. The fourth-order valence-electron chi connectivity index (χ4n) is 3.15. The molecule has 0 radical (unpaired) electrons. The summed E-state index contributed by atoms with van der Waals surface area (Å²) in [7, 11) is 0. The number of amides is 2. The van der Waals surface area contributed by atoms with Crippen LogP contribution in [0.5, 0.6) is 0 Å². The number of anilines is 1. The van der Waals surface area contributed by atoms with Gasteiger partial charge in [-0.1, -0.05) is 12.1 Å². The lowest BCUT2D eigenvalue weighted by Crippen LogP contribution is -2.53. The van der Waals surface area contributed by atoms with Gasteiger partial charge in [-0.3, -0.25) is 0 Å². The number of nitrogens with zero attached hydrogens (tertiary/aromatic N) is 2. The molecule has 2 fully saturated rings. The van der Waals surface area contributed by atoms with E-state index in [1.807, 2.05) is 4.90 Å². The summed E-state index contributed by atoms with van der Waals surface area (Å²) in [5.41, 5.74) is 3.94. The van der Waals surface area contributed by atoms with E-state index in [9.17, 15) is 4.79 Å². The van der Waals surface area contributed by atoms with E-state index in [-0.39, 0.29) is 24.7 Å². The van der Waals surface area contributed by atoms with Gasteiger partial charge in [0, 0.05) is 38.5 Å². The molecule has 3 rings (SSSR count). The fraction of sp³-hybridized carbons (Fsp3) is 0.588. The van der Waals surface area contributed by atoms with Gasteiger partial charge >= 0.3 is 6.03 Å². The van der Waals surface area contributed by atoms with Crippen LogP contribution in [-0.4, -0.2) is 49.9 Å². The summed E-state index contributed by atoms with van der Waals surface area (Å²) < 4.78 is 5.46. The smallest absolute Gasteiger partial charge is 0.319 e. The molecule has 1 aromatic carbocycles. The Morgan fingerprint density at radius 2 is 1.96 bits per heavy atom. The van der Waals surface area contributed by atoms with Crippen molar-refractivity contribution >= 4 is 24.1 Å². The molecule has 0 saturated carbocycles. The maximum atomic E-state index is 12.2. The van der Waals surface area contributed by atoms with Crippen LogP contribution in [0.1, 0.15) is 24.0 Å². The molecule has 0 bridgehead atoms. The van der Waals surface area contributed by atoms with Crippen molar-refractivity contribution in [3.8, 4) is 0 Å². The Labute approximate surface area is 144 Å². The zero-order valence-corrected chi connectivity index (χ0v) is 14.7. The lowest BCUT2D eigenvalue weighted by atomic mass is 10.1. The number of halogens is 1. The van der Waals surface area contributed by atoms with Gasteiger partial charge in [-0.2, -0.15) is 0 Å². The second kappa shape index (κ2) is 7.88. The van der Waals surface area contributed by atoms with Crippen LogP contribution < -0.4 is 10.2 Å². The zero-order valence-electron chi connectivity index (χ0n) is 13.9. The van der Waals surface area contributed by atoms with E-state index in [0.29, 0.717) is 0 Å². The molecule has 2 heterocycles. The zero-order chi connectivity index (χ0) is 15.5. The van der Waals surface area contributed by atoms with Gasteiger partial charge in [-0.05, 0) is 43.9 Å². The number of hydrogen-bond acceptors (Lipinski definition) is 3. The van der Waals surface area contributed by atoms with E-state index in [4.69, 9.17) is 4.74 Å². The van der Waals surface area contributed by atoms with Crippen LogP contribution >= 0.6 is 12.4 Å². The molecule has 2 saturated heterocycles. The van der Waals surface area contributed by atoms with E-state index in [1.54, 1.807) is 0 Å². The summed E-state index contributed by atoms with van der Waals surface area (Å²) in [5.74, 6) is 0. The van der Waals surface area contributed by atoms with Crippen molar-refractivity contribution in [3.63, 3.8) is 0 Å². The fourth-order valence-corrected chi connectivity index (χ4v) is 3.15. The van der Waals surface area contributed by atoms with Crippen molar-refractivity contribution in [1.82, 2.24) is 10.2 Å². The monoisotopic (exact) mass is 339 g/mol. The number of hydrogen-bond donors (Lipinski definition) is 1. The highest BCUT2D eigenvalue weighted by Crippen LogP contribution is 2.23. The summed E-state index contributed by atoms with van der Waals surface area (Å²) in [5, 5.41) is 2.97. The molecule has 5 nitrogen and oxygen atoms in total. The molecule has 23 heavy (non-hydrogen) atoms.